The number of halogens is 1. The van der Waals surface area contributed by atoms with Gasteiger partial charge in [-0.1, -0.05) is 23.7 Å². The van der Waals surface area contributed by atoms with Gasteiger partial charge in [-0.05, 0) is 30.7 Å². The van der Waals surface area contributed by atoms with E-state index in [1.54, 1.807) is 0 Å². The van der Waals surface area contributed by atoms with Crippen LogP contribution >= 0.6 is 11.6 Å². The minimum absolute atomic E-state index is 0.0823. The third-order valence-electron chi connectivity index (χ3n) is 2.60. The van der Waals surface area contributed by atoms with Crippen molar-refractivity contribution in [1.29, 1.82) is 0 Å². The number of carbonyl (C=O) groups excluding carboxylic acids is 1. The van der Waals surface area contributed by atoms with Gasteiger partial charge in [-0.3, -0.25) is 4.79 Å². The molecule has 88 valence electrons. The van der Waals surface area contributed by atoms with E-state index in [1.807, 2.05) is 25.1 Å². The van der Waals surface area contributed by atoms with Crippen LogP contribution in [0.3, 0.4) is 0 Å². The van der Waals surface area contributed by atoms with E-state index in [0.717, 1.165) is 11.1 Å². The standard InChI is InChI=1S/C12H16ClNO2/c1-8-4-3-5-10(13)12(8)9(7-14)6-11(15)16-2/h3-5,9H,6-7,14H2,1-2H3. The van der Waals surface area contributed by atoms with Crippen molar-refractivity contribution < 1.29 is 9.53 Å². The first-order valence-electron chi connectivity index (χ1n) is 5.12. The van der Waals surface area contributed by atoms with E-state index >= 15 is 0 Å². The Kier molecular flexibility index (Phi) is 4.77. The first-order valence-corrected chi connectivity index (χ1v) is 5.49. The minimum atomic E-state index is -0.269. The molecule has 0 fully saturated rings. The zero-order chi connectivity index (χ0) is 12.1. The van der Waals surface area contributed by atoms with Gasteiger partial charge in [0.2, 0.25) is 0 Å². The number of ether oxygens (including phenoxy) is 1. The lowest BCUT2D eigenvalue weighted by atomic mass is 9.92. The minimum Gasteiger partial charge on any atom is -0.469 e. The van der Waals surface area contributed by atoms with E-state index in [0.29, 0.717) is 11.6 Å². The molecule has 1 aromatic carbocycles. The van der Waals surface area contributed by atoms with Gasteiger partial charge < -0.3 is 10.5 Å². The van der Waals surface area contributed by atoms with Crippen LogP contribution in [0.15, 0.2) is 18.2 Å². The molecule has 0 aliphatic heterocycles. The molecule has 1 rings (SSSR count). The van der Waals surface area contributed by atoms with Gasteiger partial charge in [-0.25, -0.2) is 0 Å². The van der Waals surface area contributed by atoms with Crippen LogP contribution in [0.5, 0.6) is 0 Å². The van der Waals surface area contributed by atoms with Gasteiger partial charge in [-0.15, -0.1) is 0 Å². The van der Waals surface area contributed by atoms with Crippen molar-refractivity contribution in [3.05, 3.63) is 34.3 Å². The Balaban J connectivity index is 2.99. The van der Waals surface area contributed by atoms with E-state index in [9.17, 15) is 4.79 Å². The lowest BCUT2D eigenvalue weighted by Crippen LogP contribution is -2.18. The van der Waals surface area contributed by atoms with E-state index < -0.39 is 0 Å². The Bertz CT molecular complexity index is 359. The van der Waals surface area contributed by atoms with E-state index in [2.05, 4.69) is 4.74 Å². The summed E-state index contributed by atoms with van der Waals surface area (Å²) < 4.78 is 4.65. The summed E-state index contributed by atoms with van der Waals surface area (Å²) in [5.74, 6) is -0.351. The summed E-state index contributed by atoms with van der Waals surface area (Å²) in [6, 6.07) is 5.65. The average molecular weight is 242 g/mol. The molecule has 0 saturated carbocycles. The Labute approximate surface area is 101 Å². The molecule has 0 radical (unpaired) electrons. The molecular weight excluding hydrogens is 226 g/mol. The number of rotatable bonds is 4. The second-order valence-corrected chi connectivity index (χ2v) is 4.09. The summed E-state index contributed by atoms with van der Waals surface area (Å²) >= 11 is 6.12. The lowest BCUT2D eigenvalue weighted by Gasteiger charge is -2.17. The highest BCUT2D eigenvalue weighted by Gasteiger charge is 2.19. The van der Waals surface area contributed by atoms with Crippen molar-refractivity contribution in [2.45, 2.75) is 19.3 Å². The molecular formula is C12H16ClNO2. The van der Waals surface area contributed by atoms with E-state index in [1.165, 1.54) is 7.11 Å². The summed E-state index contributed by atoms with van der Waals surface area (Å²) in [7, 11) is 1.37. The van der Waals surface area contributed by atoms with Crippen molar-refractivity contribution >= 4 is 17.6 Å². The Morgan fingerprint density at radius 1 is 1.56 bits per heavy atom. The monoisotopic (exact) mass is 241 g/mol. The van der Waals surface area contributed by atoms with Gasteiger partial charge in [0.05, 0.1) is 13.5 Å². The maximum atomic E-state index is 11.3. The molecule has 2 N–H and O–H groups in total. The molecule has 0 amide bonds. The summed E-state index contributed by atoms with van der Waals surface area (Å²) in [4.78, 5) is 11.3. The second kappa shape index (κ2) is 5.87. The van der Waals surface area contributed by atoms with E-state index in [-0.39, 0.29) is 18.3 Å². The van der Waals surface area contributed by atoms with Crippen LogP contribution in [0.25, 0.3) is 0 Å². The van der Waals surface area contributed by atoms with Crippen molar-refractivity contribution in [3.63, 3.8) is 0 Å². The summed E-state index contributed by atoms with van der Waals surface area (Å²) in [5.41, 5.74) is 7.67. The molecule has 1 atom stereocenters. The SMILES string of the molecule is COC(=O)CC(CN)c1c(C)cccc1Cl. The third-order valence-corrected chi connectivity index (χ3v) is 2.93. The fourth-order valence-electron chi connectivity index (χ4n) is 1.75. The first kappa shape index (κ1) is 13.0. The number of nitrogens with two attached hydrogens (primary N) is 1. The number of hydrogen-bond acceptors (Lipinski definition) is 3. The Morgan fingerprint density at radius 2 is 2.25 bits per heavy atom. The van der Waals surface area contributed by atoms with Gasteiger partial charge in [-0.2, -0.15) is 0 Å². The summed E-state index contributed by atoms with van der Waals surface area (Å²) in [6.45, 7) is 2.33. The van der Waals surface area contributed by atoms with Crippen molar-refractivity contribution in [2.75, 3.05) is 13.7 Å². The summed E-state index contributed by atoms with van der Waals surface area (Å²) in [6.07, 6.45) is 0.261. The Morgan fingerprint density at radius 3 is 2.75 bits per heavy atom. The normalized spacial score (nSPS) is 12.2. The highest BCUT2D eigenvalue weighted by atomic mass is 35.5. The number of carbonyl (C=O) groups is 1. The largest absolute Gasteiger partial charge is 0.469 e. The maximum Gasteiger partial charge on any atom is 0.306 e. The first-order chi connectivity index (χ1) is 7.60. The van der Waals surface area contributed by atoms with Crippen LogP contribution in [-0.4, -0.2) is 19.6 Å². The van der Waals surface area contributed by atoms with Gasteiger partial charge >= 0.3 is 5.97 Å². The molecule has 0 bridgehead atoms. The predicted octanol–water partition coefficient (Wildman–Crippen LogP) is 2.25. The molecule has 1 aromatic rings. The fourth-order valence-corrected chi connectivity index (χ4v) is 2.13. The second-order valence-electron chi connectivity index (χ2n) is 3.68. The van der Waals surface area contributed by atoms with Crippen LogP contribution in [0.1, 0.15) is 23.5 Å². The van der Waals surface area contributed by atoms with Gasteiger partial charge in [0.1, 0.15) is 0 Å². The number of benzene rings is 1. The van der Waals surface area contributed by atoms with Crippen LogP contribution in [0.2, 0.25) is 5.02 Å². The molecule has 0 aliphatic rings. The number of esters is 1. The van der Waals surface area contributed by atoms with Crippen LogP contribution < -0.4 is 5.73 Å². The molecule has 4 heteroatoms. The predicted molar refractivity (Wildman–Crippen MR) is 64.6 cm³/mol. The molecule has 3 nitrogen and oxygen atoms in total. The van der Waals surface area contributed by atoms with Crippen molar-refractivity contribution in [3.8, 4) is 0 Å². The van der Waals surface area contributed by atoms with E-state index in [4.69, 9.17) is 17.3 Å². The molecule has 1 unspecified atom stereocenters. The van der Waals surface area contributed by atoms with Crippen LogP contribution in [0.4, 0.5) is 0 Å². The third kappa shape index (κ3) is 2.97. The maximum absolute atomic E-state index is 11.3. The highest BCUT2D eigenvalue weighted by Crippen LogP contribution is 2.29. The summed E-state index contributed by atoms with van der Waals surface area (Å²) in [5, 5.41) is 0.652. The van der Waals surface area contributed by atoms with Gasteiger partial charge in [0, 0.05) is 10.9 Å². The van der Waals surface area contributed by atoms with Crippen LogP contribution in [0, 0.1) is 6.92 Å². The fraction of sp³-hybridized carbons (Fsp3) is 0.417. The molecule has 0 spiro atoms. The molecule has 0 saturated heterocycles. The number of hydrogen-bond donors (Lipinski definition) is 1. The molecule has 0 heterocycles. The Hall–Kier alpha value is -1.06. The number of methoxy groups -OCH3 is 1. The quantitative estimate of drug-likeness (QED) is 0.823. The topological polar surface area (TPSA) is 52.3 Å². The van der Waals surface area contributed by atoms with Gasteiger partial charge in [0.25, 0.3) is 0 Å². The number of aryl methyl sites for hydroxylation is 1. The highest BCUT2D eigenvalue weighted by molar-refractivity contribution is 6.31. The zero-order valence-corrected chi connectivity index (χ0v) is 10.3. The van der Waals surface area contributed by atoms with Gasteiger partial charge in [0.15, 0.2) is 0 Å². The van der Waals surface area contributed by atoms with Crippen molar-refractivity contribution in [1.82, 2.24) is 0 Å². The smallest absolute Gasteiger partial charge is 0.306 e. The molecule has 0 aromatic heterocycles. The van der Waals surface area contributed by atoms with Crippen LogP contribution in [-0.2, 0) is 9.53 Å². The van der Waals surface area contributed by atoms with Crippen molar-refractivity contribution in [2.24, 2.45) is 5.73 Å². The molecule has 0 aliphatic carbocycles. The zero-order valence-electron chi connectivity index (χ0n) is 9.50. The molecule has 16 heavy (non-hydrogen) atoms. The lowest BCUT2D eigenvalue weighted by molar-refractivity contribution is -0.141. The average Bonchev–Trinajstić information content (AvgIpc) is 2.27.